The summed E-state index contributed by atoms with van der Waals surface area (Å²) < 4.78 is 5.73. The molecule has 2 unspecified atom stereocenters. The maximum atomic E-state index is 5.98. The molecular formula is C13H17Cl2NO. The van der Waals surface area contributed by atoms with Crippen molar-refractivity contribution in [3.63, 3.8) is 0 Å². The average Bonchev–Trinajstić information content (AvgIpc) is 2.28. The highest BCUT2D eigenvalue weighted by atomic mass is 35.5. The number of rotatable bonds is 3. The standard InChI is InChI=1S/C13H17Cl2NO/c1-10-7-16(9-13(6-14)17-10)8-11-3-2-4-12(15)5-11/h2-5,10,13H,6-9H2,1H3. The third-order valence-corrected chi connectivity index (χ3v) is 3.45. The van der Waals surface area contributed by atoms with E-state index in [1.165, 1.54) is 5.56 Å². The third-order valence-electron chi connectivity index (χ3n) is 2.87. The quantitative estimate of drug-likeness (QED) is 0.785. The second-order valence-corrected chi connectivity index (χ2v) is 5.29. The van der Waals surface area contributed by atoms with Crippen LogP contribution in [0.5, 0.6) is 0 Å². The van der Waals surface area contributed by atoms with E-state index in [0.717, 1.165) is 24.7 Å². The Morgan fingerprint density at radius 1 is 1.41 bits per heavy atom. The van der Waals surface area contributed by atoms with E-state index in [-0.39, 0.29) is 12.2 Å². The number of ether oxygens (including phenoxy) is 1. The molecule has 0 aliphatic carbocycles. The molecule has 0 N–H and O–H groups in total. The molecule has 2 atom stereocenters. The molecule has 1 heterocycles. The molecule has 17 heavy (non-hydrogen) atoms. The number of benzene rings is 1. The van der Waals surface area contributed by atoms with E-state index < -0.39 is 0 Å². The Balaban J connectivity index is 1.98. The van der Waals surface area contributed by atoms with E-state index in [2.05, 4.69) is 17.9 Å². The summed E-state index contributed by atoms with van der Waals surface area (Å²) in [6.45, 7) is 4.82. The van der Waals surface area contributed by atoms with Crippen molar-refractivity contribution in [2.24, 2.45) is 0 Å². The van der Waals surface area contributed by atoms with Gasteiger partial charge in [-0.3, -0.25) is 4.90 Å². The summed E-state index contributed by atoms with van der Waals surface area (Å²) in [5.41, 5.74) is 1.24. The summed E-state index contributed by atoms with van der Waals surface area (Å²) in [5.74, 6) is 0.552. The van der Waals surface area contributed by atoms with E-state index in [9.17, 15) is 0 Å². The van der Waals surface area contributed by atoms with Crippen LogP contribution in [0.3, 0.4) is 0 Å². The first kappa shape index (κ1) is 13.2. The highest BCUT2D eigenvalue weighted by molar-refractivity contribution is 6.30. The summed E-state index contributed by atoms with van der Waals surface area (Å²) in [4.78, 5) is 2.37. The maximum Gasteiger partial charge on any atom is 0.0841 e. The molecule has 2 rings (SSSR count). The molecule has 1 fully saturated rings. The molecule has 0 aromatic heterocycles. The number of morpholine rings is 1. The molecule has 2 nitrogen and oxygen atoms in total. The van der Waals surface area contributed by atoms with Crippen molar-refractivity contribution in [1.29, 1.82) is 0 Å². The van der Waals surface area contributed by atoms with Crippen LogP contribution in [0.15, 0.2) is 24.3 Å². The van der Waals surface area contributed by atoms with Gasteiger partial charge in [0.05, 0.1) is 12.2 Å². The minimum absolute atomic E-state index is 0.139. The van der Waals surface area contributed by atoms with E-state index in [4.69, 9.17) is 27.9 Å². The molecule has 1 saturated heterocycles. The number of alkyl halides is 1. The van der Waals surface area contributed by atoms with Crippen LogP contribution in [0.25, 0.3) is 0 Å². The number of nitrogens with zero attached hydrogens (tertiary/aromatic N) is 1. The highest BCUT2D eigenvalue weighted by Crippen LogP contribution is 2.17. The van der Waals surface area contributed by atoms with Gasteiger partial charge < -0.3 is 4.74 Å². The second-order valence-electron chi connectivity index (χ2n) is 4.55. The third kappa shape index (κ3) is 3.85. The van der Waals surface area contributed by atoms with Crippen LogP contribution in [0.2, 0.25) is 5.02 Å². The van der Waals surface area contributed by atoms with Crippen LogP contribution in [-0.2, 0) is 11.3 Å². The minimum atomic E-state index is 0.139. The molecule has 0 spiro atoms. The van der Waals surface area contributed by atoms with Crippen molar-refractivity contribution in [3.8, 4) is 0 Å². The van der Waals surface area contributed by atoms with Gasteiger partial charge >= 0.3 is 0 Å². The lowest BCUT2D eigenvalue weighted by Crippen LogP contribution is -2.46. The monoisotopic (exact) mass is 273 g/mol. The van der Waals surface area contributed by atoms with Crippen LogP contribution in [0.4, 0.5) is 0 Å². The Hall–Kier alpha value is -0.280. The second kappa shape index (κ2) is 6.05. The number of hydrogen-bond acceptors (Lipinski definition) is 2. The topological polar surface area (TPSA) is 12.5 Å². The molecule has 0 radical (unpaired) electrons. The van der Waals surface area contributed by atoms with Gasteiger partial charge in [-0.2, -0.15) is 0 Å². The molecular weight excluding hydrogens is 257 g/mol. The van der Waals surface area contributed by atoms with Crippen LogP contribution < -0.4 is 0 Å². The van der Waals surface area contributed by atoms with Gasteiger partial charge in [0.15, 0.2) is 0 Å². The van der Waals surface area contributed by atoms with E-state index in [1.807, 2.05) is 18.2 Å². The van der Waals surface area contributed by atoms with E-state index in [1.54, 1.807) is 0 Å². The predicted molar refractivity (Wildman–Crippen MR) is 71.8 cm³/mol. The first-order chi connectivity index (χ1) is 8.17. The molecule has 1 aromatic rings. The SMILES string of the molecule is CC1CN(Cc2cccc(Cl)c2)CC(CCl)O1. The van der Waals surface area contributed by atoms with Crippen LogP contribution in [0, 0.1) is 0 Å². The molecule has 0 saturated carbocycles. The molecule has 0 bridgehead atoms. The van der Waals surface area contributed by atoms with Gasteiger partial charge in [0.25, 0.3) is 0 Å². The zero-order valence-corrected chi connectivity index (χ0v) is 11.4. The maximum absolute atomic E-state index is 5.98. The Morgan fingerprint density at radius 2 is 2.24 bits per heavy atom. The lowest BCUT2D eigenvalue weighted by molar-refractivity contribution is -0.0688. The van der Waals surface area contributed by atoms with Crippen LogP contribution in [-0.4, -0.2) is 36.1 Å². The normalized spacial score (nSPS) is 26.1. The zero-order valence-electron chi connectivity index (χ0n) is 9.90. The fraction of sp³-hybridized carbons (Fsp3) is 0.538. The number of halogens is 2. The average molecular weight is 274 g/mol. The van der Waals surface area contributed by atoms with Gasteiger partial charge in [-0.15, -0.1) is 11.6 Å². The fourth-order valence-electron chi connectivity index (χ4n) is 2.25. The van der Waals surface area contributed by atoms with Gasteiger partial charge in [0, 0.05) is 30.5 Å². The zero-order chi connectivity index (χ0) is 12.3. The van der Waals surface area contributed by atoms with Crippen molar-refractivity contribution in [2.75, 3.05) is 19.0 Å². The van der Waals surface area contributed by atoms with Gasteiger partial charge in [0.2, 0.25) is 0 Å². The minimum Gasteiger partial charge on any atom is -0.371 e. The van der Waals surface area contributed by atoms with Crippen molar-refractivity contribution in [1.82, 2.24) is 4.90 Å². The smallest absolute Gasteiger partial charge is 0.0841 e. The van der Waals surface area contributed by atoms with Crippen LogP contribution in [0.1, 0.15) is 12.5 Å². The summed E-state index contributed by atoms with van der Waals surface area (Å²) in [7, 11) is 0. The molecule has 0 amide bonds. The lowest BCUT2D eigenvalue weighted by Gasteiger charge is -2.36. The van der Waals surface area contributed by atoms with Gasteiger partial charge in [-0.1, -0.05) is 23.7 Å². The van der Waals surface area contributed by atoms with Crippen LogP contribution >= 0.6 is 23.2 Å². The summed E-state index contributed by atoms with van der Waals surface area (Å²) in [6.07, 6.45) is 0.381. The van der Waals surface area contributed by atoms with Gasteiger partial charge in [0.1, 0.15) is 0 Å². The Bertz CT molecular complexity index is 372. The Morgan fingerprint density at radius 3 is 2.94 bits per heavy atom. The summed E-state index contributed by atoms with van der Waals surface area (Å²) in [5, 5.41) is 0.790. The van der Waals surface area contributed by atoms with E-state index >= 15 is 0 Å². The lowest BCUT2D eigenvalue weighted by atomic mass is 10.1. The molecule has 1 aromatic carbocycles. The van der Waals surface area contributed by atoms with Crippen molar-refractivity contribution in [3.05, 3.63) is 34.9 Å². The van der Waals surface area contributed by atoms with E-state index in [0.29, 0.717) is 5.88 Å². The summed E-state index contributed by atoms with van der Waals surface area (Å²) in [6, 6.07) is 7.99. The summed E-state index contributed by atoms with van der Waals surface area (Å²) >= 11 is 11.8. The molecule has 4 heteroatoms. The molecule has 1 aliphatic heterocycles. The number of hydrogen-bond donors (Lipinski definition) is 0. The molecule has 94 valence electrons. The predicted octanol–water partition coefficient (Wildman–Crippen LogP) is 3.17. The van der Waals surface area contributed by atoms with Gasteiger partial charge in [-0.25, -0.2) is 0 Å². The Kier molecular flexibility index (Phi) is 4.69. The molecule has 1 aliphatic rings. The van der Waals surface area contributed by atoms with Gasteiger partial charge in [-0.05, 0) is 24.6 Å². The first-order valence-electron chi connectivity index (χ1n) is 5.85. The Labute approximate surface area is 112 Å². The fourth-order valence-corrected chi connectivity index (χ4v) is 2.63. The highest BCUT2D eigenvalue weighted by Gasteiger charge is 2.24. The van der Waals surface area contributed by atoms with Crippen molar-refractivity contribution < 1.29 is 4.74 Å². The van der Waals surface area contributed by atoms with Crippen molar-refractivity contribution >= 4 is 23.2 Å². The largest absolute Gasteiger partial charge is 0.371 e. The van der Waals surface area contributed by atoms with Crippen molar-refractivity contribution in [2.45, 2.75) is 25.7 Å². The first-order valence-corrected chi connectivity index (χ1v) is 6.77.